The van der Waals surface area contributed by atoms with Crippen LogP contribution in [0.3, 0.4) is 0 Å². The Balaban J connectivity index is 2.66. The van der Waals surface area contributed by atoms with E-state index in [1.165, 1.54) is 0 Å². The molecule has 1 aromatic carbocycles. The van der Waals surface area contributed by atoms with E-state index < -0.39 is 17.3 Å². The summed E-state index contributed by atoms with van der Waals surface area (Å²) in [5, 5.41) is 5.57. The number of aromatic nitrogens is 3. The van der Waals surface area contributed by atoms with Crippen LogP contribution in [-0.4, -0.2) is 14.8 Å². The summed E-state index contributed by atoms with van der Waals surface area (Å²) in [6.45, 7) is 0. The Hall–Kier alpha value is -1.50. The Labute approximate surface area is 90.7 Å². The highest BCUT2D eigenvalue weighted by Gasteiger charge is 2.10. The summed E-state index contributed by atoms with van der Waals surface area (Å²) < 4.78 is 27.0. The zero-order valence-corrected chi connectivity index (χ0v) is 8.75. The Morgan fingerprint density at radius 3 is 2.40 bits per heavy atom. The fraction of sp³-hybridized carbons (Fsp3) is 0. The maximum Gasteiger partial charge on any atom is 0.347 e. The van der Waals surface area contributed by atoms with Gasteiger partial charge in [0.2, 0.25) is 0 Å². The summed E-state index contributed by atoms with van der Waals surface area (Å²) in [5.41, 5.74) is -0.483. The number of H-pyrrole nitrogens is 1. The van der Waals surface area contributed by atoms with Gasteiger partial charge in [0.1, 0.15) is 18.0 Å². The van der Waals surface area contributed by atoms with Gasteiger partial charge in [0.25, 0.3) is 0 Å². The lowest BCUT2D eigenvalue weighted by Gasteiger charge is -2.02. The van der Waals surface area contributed by atoms with Crippen LogP contribution < -0.4 is 5.69 Å². The summed E-state index contributed by atoms with van der Waals surface area (Å²) in [4.78, 5) is 11.1. The van der Waals surface area contributed by atoms with E-state index in [0.29, 0.717) is 0 Å². The Morgan fingerprint density at radius 2 is 1.93 bits per heavy atom. The lowest BCUT2D eigenvalue weighted by Crippen LogP contribution is -2.14. The highest BCUT2D eigenvalue weighted by molar-refractivity contribution is 9.10. The number of benzene rings is 1. The van der Waals surface area contributed by atoms with Crippen LogP contribution in [0.15, 0.2) is 27.7 Å². The molecule has 1 aromatic heterocycles. The molecule has 0 saturated heterocycles. The van der Waals surface area contributed by atoms with E-state index in [-0.39, 0.29) is 10.2 Å². The van der Waals surface area contributed by atoms with Gasteiger partial charge in [0.15, 0.2) is 0 Å². The molecule has 15 heavy (non-hydrogen) atoms. The number of rotatable bonds is 1. The average molecular weight is 276 g/mol. The number of halogens is 3. The maximum absolute atomic E-state index is 13.1. The van der Waals surface area contributed by atoms with Crippen molar-refractivity contribution >= 4 is 15.9 Å². The van der Waals surface area contributed by atoms with Crippen LogP contribution in [0.4, 0.5) is 8.78 Å². The van der Waals surface area contributed by atoms with Crippen LogP contribution in [-0.2, 0) is 0 Å². The lowest BCUT2D eigenvalue weighted by molar-refractivity contribution is 0.570. The summed E-state index contributed by atoms with van der Waals surface area (Å²) in [6.07, 6.45) is 1.14. The minimum absolute atomic E-state index is 0.0759. The van der Waals surface area contributed by atoms with Crippen molar-refractivity contribution in [2.24, 2.45) is 0 Å². The molecule has 2 rings (SSSR count). The molecule has 0 radical (unpaired) electrons. The SMILES string of the molecule is O=c1[nH]ncn1-c1cc(F)c(Br)c(F)c1. The van der Waals surface area contributed by atoms with Crippen LogP contribution in [0.5, 0.6) is 0 Å². The molecular weight excluding hydrogens is 272 g/mol. The van der Waals surface area contributed by atoms with Gasteiger partial charge in [-0.2, -0.15) is 5.10 Å². The first-order valence-electron chi connectivity index (χ1n) is 3.86. The van der Waals surface area contributed by atoms with Gasteiger partial charge in [-0.15, -0.1) is 0 Å². The predicted octanol–water partition coefficient (Wildman–Crippen LogP) is 1.60. The van der Waals surface area contributed by atoms with Crippen LogP contribution >= 0.6 is 15.9 Å². The predicted molar refractivity (Wildman–Crippen MR) is 51.8 cm³/mol. The largest absolute Gasteiger partial charge is 0.347 e. The molecule has 0 amide bonds. The summed E-state index contributed by atoms with van der Waals surface area (Å²) in [7, 11) is 0. The third kappa shape index (κ3) is 1.70. The van der Waals surface area contributed by atoms with Crippen molar-refractivity contribution in [3.8, 4) is 5.69 Å². The monoisotopic (exact) mass is 275 g/mol. The van der Waals surface area contributed by atoms with E-state index in [1.807, 2.05) is 0 Å². The third-order valence-electron chi connectivity index (χ3n) is 1.80. The molecule has 0 aliphatic rings. The molecule has 0 bridgehead atoms. The van der Waals surface area contributed by atoms with E-state index >= 15 is 0 Å². The highest BCUT2D eigenvalue weighted by atomic mass is 79.9. The van der Waals surface area contributed by atoms with E-state index in [4.69, 9.17) is 0 Å². The molecule has 4 nitrogen and oxygen atoms in total. The second-order valence-electron chi connectivity index (χ2n) is 2.75. The van der Waals surface area contributed by atoms with Crippen LogP contribution in [0.1, 0.15) is 0 Å². The average Bonchev–Trinajstić information content (AvgIpc) is 2.60. The van der Waals surface area contributed by atoms with E-state index in [2.05, 4.69) is 26.1 Å². The molecule has 0 unspecified atom stereocenters. The molecule has 0 aliphatic heterocycles. The fourth-order valence-electron chi connectivity index (χ4n) is 1.11. The molecule has 1 N–H and O–H groups in total. The van der Waals surface area contributed by atoms with Crippen molar-refractivity contribution in [2.75, 3.05) is 0 Å². The smallest absolute Gasteiger partial charge is 0.250 e. The number of nitrogens with one attached hydrogen (secondary N) is 1. The van der Waals surface area contributed by atoms with Crippen molar-refractivity contribution < 1.29 is 8.78 Å². The first-order valence-corrected chi connectivity index (χ1v) is 4.66. The van der Waals surface area contributed by atoms with E-state index in [0.717, 1.165) is 23.0 Å². The zero-order chi connectivity index (χ0) is 11.0. The third-order valence-corrected chi connectivity index (χ3v) is 2.56. The second kappa shape index (κ2) is 3.58. The second-order valence-corrected chi connectivity index (χ2v) is 3.55. The first-order chi connectivity index (χ1) is 7.09. The van der Waals surface area contributed by atoms with Gasteiger partial charge in [0.05, 0.1) is 10.2 Å². The molecular formula is C8H4BrF2N3O. The molecule has 0 spiro atoms. The van der Waals surface area contributed by atoms with E-state index in [9.17, 15) is 13.6 Å². The zero-order valence-electron chi connectivity index (χ0n) is 7.17. The van der Waals surface area contributed by atoms with Gasteiger partial charge in [-0.05, 0) is 28.1 Å². The summed E-state index contributed by atoms with van der Waals surface area (Å²) in [5.74, 6) is -1.56. The van der Waals surface area contributed by atoms with Crippen molar-refractivity contribution in [3.05, 3.63) is 45.1 Å². The Bertz CT molecular complexity index is 540. The Morgan fingerprint density at radius 1 is 1.33 bits per heavy atom. The molecule has 0 atom stereocenters. The normalized spacial score (nSPS) is 10.6. The van der Waals surface area contributed by atoms with Crippen molar-refractivity contribution in [3.63, 3.8) is 0 Å². The van der Waals surface area contributed by atoms with Crippen LogP contribution in [0.25, 0.3) is 5.69 Å². The quantitative estimate of drug-likeness (QED) is 0.804. The number of hydrogen-bond acceptors (Lipinski definition) is 2. The molecule has 0 aliphatic carbocycles. The maximum atomic E-state index is 13.1. The molecule has 2 aromatic rings. The minimum atomic E-state index is -0.780. The number of nitrogens with zero attached hydrogens (tertiary/aromatic N) is 2. The summed E-state index contributed by atoms with van der Waals surface area (Å²) in [6, 6.07) is 2.06. The van der Waals surface area contributed by atoms with Gasteiger partial charge in [-0.1, -0.05) is 0 Å². The summed E-state index contributed by atoms with van der Waals surface area (Å²) >= 11 is 2.73. The Kier molecular flexibility index (Phi) is 2.39. The van der Waals surface area contributed by atoms with Gasteiger partial charge in [-0.3, -0.25) is 0 Å². The van der Waals surface area contributed by atoms with Gasteiger partial charge in [0, 0.05) is 0 Å². The standard InChI is InChI=1S/C8H4BrF2N3O/c9-7-5(10)1-4(2-6(7)11)14-3-12-13-8(14)15/h1-3H,(H,13,15). The molecule has 1 heterocycles. The van der Waals surface area contributed by atoms with Crippen molar-refractivity contribution in [2.45, 2.75) is 0 Å². The fourth-order valence-corrected chi connectivity index (χ4v) is 1.34. The molecule has 7 heteroatoms. The van der Waals surface area contributed by atoms with Crippen molar-refractivity contribution in [1.82, 2.24) is 14.8 Å². The first kappa shape index (κ1) is 10.0. The van der Waals surface area contributed by atoms with E-state index in [1.54, 1.807) is 0 Å². The van der Waals surface area contributed by atoms with Crippen LogP contribution in [0, 0.1) is 11.6 Å². The minimum Gasteiger partial charge on any atom is -0.250 e. The molecule has 0 fully saturated rings. The lowest BCUT2D eigenvalue weighted by atomic mass is 10.3. The van der Waals surface area contributed by atoms with Crippen molar-refractivity contribution in [1.29, 1.82) is 0 Å². The van der Waals surface area contributed by atoms with Crippen LogP contribution in [0.2, 0.25) is 0 Å². The number of hydrogen-bond donors (Lipinski definition) is 1. The molecule has 0 saturated carbocycles. The topological polar surface area (TPSA) is 50.7 Å². The van der Waals surface area contributed by atoms with Gasteiger partial charge in [-0.25, -0.2) is 23.2 Å². The number of aromatic amines is 1. The van der Waals surface area contributed by atoms with Gasteiger partial charge < -0.3 is 0 Å². The van der Waals surface area contributed by atoms with Gasteiger partial charge >= 0.3 is 5.69 Å². The highest BCUT2D eigenvalue weighted by Crippen LogP contribution is 2.22. The molecule has 78 valence electrons.